The fourth-order valence-electron chi connectivity index (χ4n) is 4.59. The third-order valence-electron chi connectivity index (χ3n) is 5.56. The average molecular weight is 351 g/mol. The van der Waals surface area contributed by atoms with Crippen LogP contribution in [0.4, 0.5) is 0 Å². The molecule has 0 saturated carbocycles. The number of pyridine rings is 1. The molecule has 6 nitrogen and oxygen atoms in total. The van der Waals surface area contributed by atoms with Crippen LogP contribution in [-0.4, -0.2) is 63.0 Å². The smallest absolute Gasteiger partial charge is 0.272 e. The van der Waals surface area contributed by atoms with Gasteiger partial charge in [-0.25, -0.2) is 0 Å². The van der Waals surface area contributed by atoms with Gasteiger partial charge in [-0.1, -0.05) is 36.4 Å². The van der Waals surface area contributed by atoms with Crippen LogP contribution in [0.25, 0.3) is 0 Å². The first kappa shape index (κ1) is 16.7. The number of nitrogens with zero attached hydrogens (tertiary/aromatic N) is 3. The van der Waals surface area contributed by atoms with Gasteiger partial charge in [0.1, 0.15) is 5.69 Å². The first-order chi connectivity index (χ1) is 12.6. The molecular formula is C20H21N3O3. The molecule has 2 saturated heterocycles. The van der Waals surface area contributed by atoms with Gasteiger partial charge < -0.3 is 14.9 Å². The van der Waals surface area contributed by atoms with Gasteiger partial charge in [-0.15, -0.1) is 0 Å². The van der Waals surface area contributed by atoms with Crippen molar-refractivity contribution in [2.75, 3.05) is 19.7 Å². The molecule has 2 aromatic rings. The lowest BCUT2D eigenvalue weighted by molar-refractivity contribution is -0.191. The number of hydrogen-bond donors (Lipinski definition) is 1. The normalized spacial score (nSPS) is 23.3. The highest BCUT2D eigenvalue weighted by atomic mass is 16.3. The Morgan fingerprint density at radius 2 is 1.85 bits per heavy atom. The molecule has 2 aliphatic rings. The highest BCUT2D eigenvalue weighted by molar-refractivity contribution is 5.93. The zero-order chi connectivity index (χ0) is 18.3. The zero-order valence-electron chi connectivity index (χ0n) is 14.6. The van der Waals surface area contributed by atoms with E-state index in [4.69, 9.17) is 0 Å². The maximum absolute atomic E-state index is 12.6. The molecule has 4 rings (SSSR count). The van der Waals surface area contributed by atoms with Crippen LogP contribution in [0.5, 0.6) is 0 Å². The number of likely N-dealkylation sites (tertiary alicyclic amines) is 2. The van der Waals surface area contributed by atoms with E-state index in [-0.39, 0.29) is 30.4 Å². The summed E-state index contributed by atoms with van der Waals surface area (Å²) in [6.45, 7) is 2.35. The predicted molar refractivity (Wildman–Crippen MR) is 95.4 cm³/mol. The van der Waals surface area contributed by atoms with Gasteiger partial charge in [-0.3, -0.25) is 14.6 Å². The number of aliphatic hydroxyl groups is 1. The van der Waals surface area contributed by atoms with E-state index in [1.165, 1.54) is 6.92 Å². The molecule has 1 N–H and O–H groups in total. The van der Waals surface area contributed by atoms with E-state index < -0.39 is 5.54 Å². The number of amides is 2. The second-order valence-corrected chi connectivity index (χ2v) is 7.01. The third kappa shape index (κ3) is 2.33. The maximum atomic E-state index is 12.6. The molecule has 26 heavy (non-hydrogen) atoms. The number of carbonyl (C=O) groups excluding carboxylic acids is 2. The van der Waals surface area contributed by atoms with Crippen molar-refractivity contribution in [3.63, 3.8) is 0 Å². The highest BCUT2D eigenvalue weighted by Crippen LogP contribution is 2.53. The molecule has 2 amide bonds. The van der Waals surface area contributed by atoms with Crippen LogP contribution in [0.3, 0.4) is 0 Å². The number of benzene rings is 1. The minimum absolute atomic E-state index is 0.0189. The van der Waals surface area contributed by atoms with E-state index in [9.17, 15) is 14.7 Å². The quantitative estimate of drug-likeness (QED) is 0.904. The molecule has 1 spiro atoms. The lowest BCUT2D eigenvalue weighted by atomic mass is 9.60. The van der Waals surface area contributed by atoms with Gasteiger partial charge in [-0.2, -0.15) is 0 Å². The summed E-state index contributed by atoms with van der Waals surface area (Å²) in [6, 6.07) is 14.9. The van der Waals surface area contributed by atoms with E-state index in [2.05, 4.69) is 4.98 Å². The molecule has 1 aromatic heterocycles. The second kappa shape index (κ2) is 6.21. The lowest BCUT2D eigenvalue weighted by Gasteiger charge is -2.70. The molecule has 6 heteroatoms. The fourth-order valence-corrected chi connectivity index (χ4v) is 4.59. The van der Waals surface area contributed by atoms with E-state index in [1.54, 1.807) is 34.2 Å². The van der Waals surface area contributed by atoms with Gasteiger partial charge >= 0.3 is 0 Å². The molecule has 1 aromatic carbocycles. The Labute approximate surface area is 152 Å². The molecule has 2 fully saturated rings. The summed E-state index contributed by atoms with van der Waals surface area (Å²) in [5, 5.41) is 9.86. The summed E-state index contributed by atoms with van der Waals surface area (Å²) < 4.78 is 0. The van der Waals surface area contributed by atoms with Crippen molar-refractivity contribution in [3.8, 4) is 0 Å². The molecule has 2 atom stereocenters. The lowest BCUT2D eigenvalue weighted by Crippen LogP contribution is -2.85. The Balaban J connectivity index is 1.61. The first-order valence-corrected chi connectivity index (χ1v) is 8.74. The van der Waals surface area contributed by atoms with Gasteiger partial charge in [0.25, 0.3) is 5.91 Å². The third-order valence-corrected chi connectivity index (χ3v) is 5.56. The van der Waals surface area contributed by atoms with Gasteiger partial charge in [-0.05, 0) is 17.7 Å². The SMILES string of the molecule is CC(=O)N1[C@@H](CO)[C@@H](c2ccccc2)C12CN(C(=O)c1ccccn1)C2. The molecule has 3 heterocycles. The Kier molecular flexibility index (Phi) is 4.00. The Bertz CT molecular complexity index is 819. The molecule has 0 bridgehead atoms. The van der Waals surface area contributed by atoms with Gasteiger partial charge in [0, 0.05) is 32.1 Å². The molecule has 0 aliphatic carbocycles. The number of aromatic nitrogens is 1. The Morgan fingerprint density at radius 3 is 2.42 bits per heavy atom. The standard InChI is InChI=1S/C20H21N3O3/c1-14(25)23-17(11-24)18(15-7-3-2-4-8-15)20(23)12-22(13-20)19(26)16-9-5-6-10-21-16/h2-10,17-18,24H,11-13H2,1H3/t17-,18+/m0/s1. The molecule has 2 aliphatic heterocycles. The number of carbonyl (C=O) groups is 2. The highest BCUT2D eigenvalue weighted by Gasteiger charge is 2.67. The first-order valence-electron chi connectivity index (χ1n) is 8.74. The van der Waals surface area contributed by atoms with Crippen molar-refractivity contribution < 1.29 is 14.7 Å². The second-order valence-electron chi connectivity index (χ2n) is 7.01. The van der Waals surface area contributed by atoms with Crippen molar-refractivity contribution in [1.82, 2.24) is 14.8 Å². The molecule has 134 valence electrons. The largest absolute Gasteiger partial charge is 0.394 e. The van der Waals surface area contributed by atoms with E-state index in [0.29, 0.717) is 18.8 Å². The van der Waals surface area contributed by atoms with E-state index >= 15 is 0 Å². The summed E-state index contributed by atoms with van der Waals surface area (Å²) in [6.07, 6.45) is 1.60. The summed E-state index contributed by atoms with van der Waals surface area (Å²) in [5.41, 5.74) is 1.06. The number of rotatable bonds is 3. The van der Waals surface area contributed by atoms with Crippen LogP contribution < -0.4 is 0 Å². The Morgan fingerprint density at radius 1 is 1.15 bits per heavy atom. The number of aliphatic hydroxyl groups excluding tert-OH is 1. The minimum Gasteiger partial charge on any atom is -0.394 e. The van der Waals surface area contributed by atoms with Crippen LogP contribution in [0.1, 0.15) is 28.9 Å². The monoisotopic (exact) mass is 351 g/mol. The van der Waals surface area contributed by atoms with E-state index in [1.807, 2.05) is 30.3 Å². The van der Waals surface area contributed by atoms with Crippen molar-refractivity contribution >= 4 is 11.8 Å². The zero-order valence-corrected chi connectivity index (χ0v) is 14.6. The average Bonchev–Trinajstić information content (AvgIpc) is 2.61. The van der Waals surface area contributed by atoms with Gasteiger partial charge in [0.15, 0.2) is 0 Å². The Hall–Kier alpha value is -2.73. The summed E-state index contributed by atoms with van der Waals surface area (Å²) >= 11 is 0. The topological polar surface area (TPSA) is 73.7 Å². The molecular weight excluding hydrogens is 330 g/mol. The van der Waals surface area contributed by atoms with Crippen molar-refractivity contribution in [3.05, 3.63) is 66.0 Å². The van der Waals surface area contributed by atoms with Crippen LogP contribution >= 0.6 is 0 Å². The van der Waals surface area contributed by atoms with Crippen LogP contribution in [0, 0.1) is 0 Å². The van der Waals surface area contributed by atoms with Crippen molar-refractivity contribution in [1.29, 1.82) is 0 Å². The van der Waals surface area contributed by atoms with Gasteiger partial charge in [0.05, 0.1) is 18.2 Å². The molecule has 0 radical (unpaired) electrons. The van der Waals surface area contributed by atoms with Crippen LogP contribution in [0.2, 0.25) is 0 Å². The van der Waals surface area contributed by atoms with Crippen molar-refractivity contribution in [2.45, 2.75) is 24.4 Å². The maximum Gasteiger partial charge on any atom is 0.272 e. The van der Waals surface area contributed by atoms with Gasteiger partial charge in [0.2, 0.25) is 5.91 Å². The fraction of sp³-hybridized carbons (Fsp3) is 0.350. The summed E-state index contributed by atoms with van der Waals surface area (Å²) in [4.78, 5) is 32.5. The predicted octanol–water partition coefficient (Wildman–Crippen LogP) is 1.28. The summed E-state index contributed by atoms with van der Waals surface area (Å²) in [5.74, 6) is -0.175. The van der Waals surface area contributed by atoms with Crippen molar-refractivity contribution in [2.24, 2.45) is 0 Å². The summed E-state index contributed by atoms with van der Waals surface area (Å²) in [7, 11) is 0. The minimum atomic E-state index is -0.439. The molecule has 0 unspecified atom stereocenters. The number of hydrogen-bond acceptors (Lipinski definition) is 4. The van der Waals surface area contributed by atoms with E-state index in [0.717, 1.165) is 5.56 Å². The van der Waals surface area contributed by atoms with Crippen LogP contribution in [0.15, 0.2) is 54.7 Å². The van der Waals surface area contributed by atoms with Crippen LogP contribution in [-0.2, 0) is 4.79 Å².